The van der Waals surface area contributed by atoms with Crippen LogP contribution in [0, 0.1) is 25.2 Å². The predicted molar refractivity (Wildman–Crippen MR) is 75.7 cm³/mol. The fraction of sp³-hybridized carbons (Fsp3) is 0.588. The first-order valence-corrected chi connectivity index (χ1v) is 7.32. The lowest BCUT2D eigenvalue weighted by molar-refractivity contribution is 0.0743. The van der Waals surface area contributed by atoms with Gasteiger partial charge in [0.05, 0.1) is 0 Å². The molecular formula is C17H22O2. The van der Waals surface area contributed by atoms with Crippen molar-refractivity contribution in [3.05, 3.63) is 28.3 Å². The third-order valence-corrected chi connectivity index (χ3v) is 5.51. The Bertz CT molecular complexity index is 553. The van der Waals surface area contributed by atoms with E-state index in [0.29, 0.717) is 17.5 Å². The second kappa shape index (κ2) is 4.09. The lowest BCUT2D eigenvalue weighted by Gasteiger charge is -2.29. The first-order chi connectivity index (χ1) is 8.95. The molecule has 0 radical (unpaired) electrons. The average molecular weight is 258 g/mol. The minimum absolute atomic E-state index is 0.232. The lowest BCUT2D eigenvalue weighted by atomic mass is 9.73. The average Bonchev–Trinajstić information content (AvgIpc) is 2.96. The molecule has 2 aliphatic rings. The van der Waals surface area contributed by atoms with Crippen LogP contribution in [0.4, 0.5) is 0 Å². The van der Waals surface area contributed by atoms with Crippen LogP contribution in [0.25, 0.3) is 0 Å². The summed E-state index contributed by atoms with van der Waals surface area (Å²) in [6.45, 7) is 5.99. The third-order valence-electron chi connectivity index (χ3n) is 5.51. The van der Waals surface area contributed by atoms with E-state index >= 15 is 0 Å². The Morgan fingerprint density at radius 3 is 2.47 bits per heavy atom. The van der Waals surface area contributed by atoms with E-state index in [9.17, 15) is 9.90 Å². The minimum Gasteiger partial charge on any atom is -0.508 e. The van der Waals surface area contributed by atoms with Crippen LogP contribution < -0.4 is 0 Å². The van der Waals surface area contributed by atoms with Crippen molar-refractivity contribution >= 4 is 5.78 Å². The molecule has 1 unspecified atom stereocenters. The summed E-state index contributed by atoms with van der Waals surface area (Å²) >= 11 is 0. The van der Waals surface area contributed by atoms with Crippen LogP contribution in [0.2, 0.25) is 0 Å². The highest BCUT2D eigenvalue weighted by molar-refractivity contribution is 6.06. The second-order valence-corrected chi connectivity index (χ2v) is 6.58. The summed E-state index contributed by atoms with van der Waals surface area (Å²) in [7, 11) is 0. The lowest BCUT2D eigenvalue weighted by Crippen LogP contribution is -2.32. The molecule has 1 aromatic rings. The number of ketones is 1. The van der Waals surface area contributed by atoms with Crippen molar-refractivity contribution in [1.82, 2.24) is 0 Å². The van der Waals surface area contributed by atoms with E-state index in [1.165, 1.54) is 25.7 Å². The largest absolute Gasteiger partial charge is 0.508 e. The van der Waals surface area contributed by atoms with Crippen molar-refractivity contribution in [2.24, 2.45) is 11.3 Å². The van der Waals surface area contributed by atoms with Crippen LogP contribution in [-0.4, -0.2) is 10.9 Å². The van der Waals surface area contributed by atoms with E-state index in [1.54, 1.807) is 0 Å². The number of fused-ring (bicyclic) bond motifs is 1. The van der Waals surface area contributed by atoms with E-state index in [-0.39, 0.29) is 5.41 Å². The Hall–Kier alpha value is -1.31. The summed E-state index contributed by atoms with van der Waals surface area (Å²) in [5, 5.41) is 9.97. The SMILES string of the molecule is Cc1c(O)cc2c(c1C)C(=O)C(C)(C1CCCC1)C2. The molecule has 1 aromatic carbocycles. The molecule has 0 heterocycles. The van der Waals surface area contributed by atoms with E-state index < -0.39 is 0 Å². The maximum absolute atomic E-state index is 12.9. The number of benzene rings is 1. The van der Waals surface area contributed by atoms with Crippen molar-refractivity contribution in [2.75, 3.05) is 0 Å². The number of Topliss-reactive ketones (excluding diaryl/α,β-unsaturated/α-hetero) is 1. The highest BCUT2D eigenvalue weighted by atomic mass is 16.3. The fourth-order valence-corrected chi connectivity index (χ4v) is 4.08. The number of rotatable bonds is 1. The van der Waals surface area contributed by atoms with Gasteiger partial charge in [-0.1, -0.05) is 19.8 Å². The van der Waals surface area contributed by atoms with Crippen LogP contribution >= 0.6 is 0 Å². The van der Waals surface area contributed by atoms with Crippen molar-refractivity contribution in [3.63, 3.8) is 0 Å². The molecule has 19 heavy (non-hydrogen) atoms. The van der Waals surface area contributed by atoms with Gasteiger partial charge in [-0.3, -0.25) is 4.79 Å². The summed E-state index contributed by atoms with van der Waals surface area (Å²) in [6.07, 6.45) is 5.68. The standard InChI is InChI=1S/C17H22O2/c1-10-11(2)15-12(8-14(10)18)9-17(3,16(15)19)13-6-4-5-7-13/h8,13,18H,4-7,9H2,1-3H3. The quantitative estimate of drug-likeness (QED) is 0.828. The zero-order valence-electron chi connectivity index (χ0n) is 12.0. The second-order valence-electron chi connectivity index (χ2n) is 6.58. The van der Waals surface area contributed by atoms with Gasteiger partial charge in [0.2, 0.25) is 0 Å². The highest BCUT2D eigenvalue weighted by Gasteiger charge is 2.48. The number of carbonyl (C=O) groups is 1. The molecule has 0 spiro atoms. The Morgan fingerprint density at radius 1 is 1.21 bits per heavy atom. The first kappa shape index (κ1) is 12.7. The summed E-state index contributed by atoms with van der Waals surface area (Å²) in [5.41, 5.74) is 3.54. The maximum atomic E-state index is 12.9. The summed E-state index contributed by atoms with van der Waals surface area (Å²) in [6, 6.07) is 1.82. The predicted octanol–water partition coefficient (Wildman–Crippen LogP) is 3.94. The van der Waals surface area contributed by atoms with Crippen molar-refractivity contribution in [2.45, 2.75) is 52.9 Å². The zero-order chi connectivity index (χ0) is 13.8. The molecule has 0 saturated heterocycles. The molecule has 0 aromatic heterocycles. The van der Waals surface area contributed by atoms with Gasteiger partial charge in [0.15, 0.2) is 5.78 Å². The Labute approximate surface area is 114 Å². The number of phenols is 1. The van der Waals surface area contributed by atoms with Crippen molar-refractivity contribution in [3.8, 4) is 5.75 Å². The van der Waals surface area contributed by atoms with E-state index in [4.69, 9.17) is 0 Å². The van der Waals surface area contributed by atoms with Gasteiger partial charge in [-0.25, -0.2) is 0 Å². The topological polar surface area (TPSA) is 37.3 Å². The van der Waals surface area contributed by atoms with Gasteiger partial charge >= 0.3 is 0 Å². The molecule has 1 atom stereocenters. The van der Waals surface area contributed by atoms with E-state index in [2.05, 4.69) is 6.92 Å². The summed E-state index contributed by atoms with van der Waals surface area (Å²) < 4.78 is 0. The van der Waals surface area contributed by atoms with Crippen LogP contribution in [0.15, 0.2) is 6.07 Å². The minimum atomic E-state index is -0.232. The van der Waals surface area contributed by atoms with Crippen LogP contribution in [-0.2, 0) is 6.42 Å². The summed E-state index contributed by atoms with van der Waals surface area (Å²) in [5.74, 6) is 1.17. The normalized spacial score (nSPS) is 27.0. The molecule has 2 nitrogen and oxygen atoms in total. The molecule has 0 amide bonds. The van der Waals surface area contributed by atoms with Crippen LogP contribution in [0.1, 0.15) is 59.7 Å². The Balaban J connectivity index is 2.09. The molecule has 2 aliphatic carbocycles. The first-order valence-electron chi connectivity index (χ1n) is 7.32. The number of carbonyl (C=O) groups excluding carboxylic acids is 1. The maximum Gasteiger partial charge on any atom is 0.169 e. The Kier molecular flexibility index (Phi) is 2.74. The number of aromatic hydroxyl groups is 1. The van der Waals surface area contributed by atoms with E-state index in [1.807, 2.05) is 19.9 Å². The molecule has 1 saturated carbocycles. The van der Waals surface area contributed by atoms with Crippen LogP contribution in [0.5, 0.6) is 5.75 Å². The van der Waals surface area contributed by atoms with Crippen molar-refractivity contribution in [1.29, 1.82) is 0 Å². The van der Waals surface area contributed by atoms with Gasteiger partial charge in [-0.05, 0) is 61.8 Å². The van der Waals surface area contributed by atoms with Crippen molar-refractivity contribution < 1.29 is 9.90 Å². The third kappa shape index (κ3) is 1.65. The smallest absolute Gasteiger partial charge is 0.169 e. The summed E-state index contributed by atoms with van der Waals surface area (Å²) in [4.78, 5) is 12.9. The zero-order valence-corrected chi connectivity index (χ0v) is 12.0. The van der Waals surface area contributed by atoms with E-state index in [0.717, 1.165) is 28.7 Å². The van der Waals surface area contributed by atoms with Crippen LogP contribution in [0.3, 0.4) is 0 Å². The molecule has 1 fully saturated rings. The highest BCUT2D eigenvalue weighted by Crippen LogP contribution is 2.50. The van der Waals surface area contributed by atoms with Gasteiger partial charge in [0, 0.05) is 11.0 Å². The van der Waals surface area contributed by atoms with Gasteiger partial charge in [-0.15, -0.1) is 0 Å². The van der Waals surface area contributed by atoms with Gasteiger partial charge in [0.25, 0.3) is 0 Å². The van der Waals surface area contributed by atoms with Gasteiger partial charge in [-0.2, -0.15) is 0 Å². The molecule has 3 rings (SSSR count). The molecule has 0 bridgehead atoms. The molecule has 0 aliphatic heterocycles. The molecular weight excluding hydrogens is 236 g/mol. The molecule has 1 N–H and O–H groups in total. The Morgan fingerprint density at radius 2 is 1.84 bits per heavy atom. The number of phenolic OH excluding ortho intramolecular Hbond substituents is 1. The monoisotopic (exact) mass is 258 g/mol. The van der Waals surface area contributed by atoms with Gasteiger partial charge < -0.3 is 5.11 Å². The molecule has 2 heteroatoms. The fourth-order valence-electron chi connectivity index (χ4n) is 4.08. The number of hydrogen-bond acceptors (Lipinski definition) is 2. The van der Waals surface area contributed by atoms with Gasteiger partial charge in [0.1, 0.15) is 5.75 Å². The molecule has 102 valence electrons. The number of hydrogen-bond donors (Lipinski definition) is 1.